The molecular formula is C17H14ClN3O4. The standard InChI is InChI=1S/C17H14ClN3O4/c1-23-13-8-7-10(9-14(13)24-2)19-15(22)17-21-20-16(25-17)11-5-3-4-6-12(11)18/h3-9H,1-2H3,(H,19,22). The van der Waals surface area contributed by atoms with Gasteiger partial charge in [0.05, 0.1) is 24.8 Å². The van der Waals surface area contributed by atoms with E-state index in [0.29, 0.717) is 27.8 Å². The Labute approximate surface area is 148 Å². The number of carbonyl (C=O) groups excluding carboxylic acids is 1. The molecule has 128 valence electrons. The van der Waals surface area contributed by atoms with E-state index in [2.05, 4.69) is 15.5 Å². The van der Waals surface area contributed by atoms with Gasteiger partial charge in [0.15, 0.2) is 11.5 Å². The zero-order valence-corrected chi connectivity index (χ0v) is 14.2. The highest BCUT2D eigenvalue weighted by Crippen LogP contribution is 2.30. The second-order valence-corrected chi connectivity index (χ2v) is 5.32. The Morgan fingerprint density at radius 2 is 1.84 bits per heavy atom. The molecule has 1 N–H and O–H groups in total. The summed E-state index contributed by atoms with van der Waals surface area (Å²) in [5.41, 5.74) is 1.06. The van der Waals surface area contributed by atoms with Crippen LogP contribution in [0.5, 0.6) is 11.5 Å². The fourth-order valence-electron chi connectivity index (χ4n) is 2.16. The molecule has 0 atom stereocenters. The first-order chi connectivity index (χ1) is 12.1. The highest BCUT2D eigenvalue weighted by atomic mass is 35.5. The molecule has 0 spiro atoms. The van der Waals surface area contributed by atoms with Crippen LogP contribution in [0.1, 0.15) is 10.7 Å². The molecule has 0 saturated heterocycles. The number of hydrogen-bond acceptors (Lipinski definition) is 6. The van der Waals surface area contributed by atoms with Crippen molar-refractivity contribution in [1.29, 1.82) is 0 Å². The number of ether oxygens (including phenoxy) is 2. The molecule has 8 heteroatoms. The van der Waals surface area contributed by atoms with Gasteiger partial charge in [0.1, 0.15) is 0 Å². The zero-order chi connectivity index (χ0) is 17.8. The second-order valence-electron chi connectivity index (χ2n) is 4.92. The maximum absolute atomic E-state index is 12.3. The van der Waals surface area contributed by atoms with E-state index in [1.54, 1.807) is 42.5 Å². The predicted octanol–water partition coefficient (Wildman–Crippen LogP) is 3.66. The van der Waals surface area contributed by atoms with Crippen LogP contribution in [0.4, 0.5) is 5.69 Å². The maximum Gasteiger partial charge on any atom is 0.313 e. The first kappa shape index (κ1) is 16.8. The van der Waals surface area contributed by atoms with Crippen LogP contribution >= 0.6 is 11.6 Å². The lowest BCUT2D eigenvalue weighted by Crippen LogP contribution is -2.12. The van der Waals surface area contributed by atoms with Crippen molar-refractivity contribution in [2.45, 2.75) is 0 Å². The largest absolute Gasteiger partial charge is 0.493 e. The average molecular weight is 360 g/mol. The number of rotatable bonds is 5. The van der Waals surface area contributed by atoms with Crippen molar-refractivity contribution in [2.24, 2.45) is 0 Å². The summed E-state index contributed by atoms with van der Waals surface area (Å²) < 4.78 is 15.8. The van der Waals surface area contributed by atoms with Gasteiger partial charge in [-0.3, -0.25) is 4.79 Å². The van der Waals surface area contributed by atoms with Crippen LogP contribution < -0.4 is 14.8 Å². The molecule has 2 aromatic carbocycles. The quantitative estimate of drug-likeness (QED) is 0.748. The topological polar surface area (TPSA) is 86.5 Å². The number of nitrogens with one attached hydrogen (secondary N) is 1. The molecule has 0 radical (unpaired) electrons. The van der Waals surface area contributed by atoms with Gasteiger partial charge in [-0.25, -0.2) is 0 Å². The molecule has 3 rings (SSSR count). The third-order valence-corrected chi connectivity index (χ3v) is 3.69. The van der Waals surface area contributed by atoms with E-state index in [1.165, 1.54) is 14.2 Å². The minimum Gasteiger partial charge on any atom is -0.493 e. The molecular weight excluding hydrogens is 346 g/mol. The highest BCUT2D eigenvalue weighted by molar-refractivity contribution is 6.33. The van der Waals surface area contributed by atoms with Gasteiger partial charge in [-0.2, -0.15) is 0 Å². The third-order valence-electron chi connectivity index (χ3n) is 3.36. The Kier molecular flexibility index (Phi) is 4.85. The number of anilines is 1. The van der Waals surface area contributed by atoms with E-state index in [9.17, 15) is 4.79 Å². The number of hydrogen-bond donors (Lipinski definition) is 1. The summed E-state index contributed by atoms with van der Waals surface area (Å²) in [4.78, 5) is 12.3. The monoisotopic (exact) mass is 359 g/mol. The van der Waals surface area contributed by atoms with Crippen LogP contribution in [-0.2, 0) is 0 Å². The third kappa shape index (κ3) is 3.56. The van der Waals surface area contributed by atoms with Crippen molar-refractivity contribution in [3.63, 3.8) is 0 Å². The van der Waals surface area contributed by atoms with Gasteiger partial charge in [0.2, 0.25) is 5.89 Å². The lowest BCUT2D eigenvalue weighted by atomic mass is 10.2. The van der Waals surface area contributed by atoms with Gasteiger partial charge in [-0.15, -0.1) is 10.2 Å². The average Bonchev–Trinajstić information content (AvgIpc) is 3.12. The minimum atomic E-state index is -0.543. The van der Waals surface area contributed by atoms with Crippen LogP contribution in [0, 0.1) is 0 Å². The Hall–Kier alpha value is -3.06. The van der Waals surface area contributed by atoms with E-state index in [1.807, 2.05) is 0 Å². The van der Waals surface area contributed by atoms with Crippen molar-refractivity contribution in [3.05, 3.63) is 53.4 Å². The Morgan fingerprint density at radius 1 is 1.08 bits per heavy atom. The van der Waals surface area contributed by atoms with Crippen molar-refractivity contribution in [1.82, 2.24) is 10.2 Å². The smallest absolute Gasteiger partial charge is 0.313 e. The second kappa shape index (κ2) is 7.23. The maximum atomic E-state index is 12.3. The Balaban J connectivity index is 1.80. The Morgan fingerprint density at radius 3 is 2.56 bits per heavy atom. The van der Waals surface area contributed by atoms with Crippen LogP contribution in [-0.4, -0.2) is 30.3 Å². The SMILES string of the molecule is COc1ccc(NC(=O)c2nnc(-c3ccccc3Cl)o2)cc1OC. The van der Waals surface area contributed by atoms with Gasteiger partial charge in [0, 0.05) is 11.8 Å². The van der Waals surface area contributed by atoms with Crippen molar-refractivity contribution >= 4 is 23.2 Å². The van der Waals surface area contributed by atoms with E-state index < -0.39 is 5.91 Å². The molecule has 0 aliphatic heterocycles. The Bertz CT molecular complexity index is 910. The molecule has 25 heavy (non-hydrogen) atoms. The summed E-state index contributed by atoms with van der Waals surface area (Å²) in [6.07, 6.45) is 0. The van der Waals surface area contributed by atoms with Gasteiger partial charge in [0.25, 0.3) is 0 Å². The first-order valence-electron chi connectivity index (χ1n) is 7.24. The summed E-state index contributed by atoms with van der Waals surface area (Å²) >= 11 is 6.09. The number of nitrogens with zero attached hydrogens (tertiary/aromatic N) is 2. The molecule has 1 heterocycles. The molecule has 0 aliphatic carbocycles. The van der Waals surface area contributed by atoms with Crippen LogP contribution in [0.15, 0.2) is 46.9 Å². The summed E-state index contributed by atoms with van der Waals surface area (Å²) in [6.45, 7) is 0. The molecule has 3 aromatic rings. The summed E-state index contributed by atoms with van der Waals surface area (Å²) in [5, 5.41) is 10.7. The van der Waals surface area contributed by atoms with Crippen LogP contribution in [0.3, 0.4) is 0 Å². The van der Waals surface area contributed by atoms with Gasteiger partial charge >= 0.3 is 11.8 Å². The van der Waals surface area contributed by atoms with Gasteiger partial charge in [-0.1, -0.05) is 23.7 Å². The van der Waals surface area contributed by atoms with Crippen molar-refractivity contribution in [2.75, 3.05) is 19.5 Å². The lowest BCUT2D eigenvalue weighted by molar-refractivity contribution is 0.0991. The van der Waals surface area contributed by atoms with E-state index >= 15 is 0 Å². The number of amides is 1. The van der Waals surface area contributed by atoms with Crippen LogP contribution in [0.2, 0.25) is 5.02 Å². The first-order valence-corrected chi connectivity index (χ1v) is 7.62. The fraction of sp³-hybridized carbons (Fsp3) is 0.118. The van der Waals surface area contributed by atoms with Gasteiger partial charge < -0.3 is 19.2 Å². The molecule has 1 aromatic heterocycles. The van der Waals surface area contributed by atoms with E-state index in [-0.39, 0.29) is 11.8 Å². The summed E-state index contributed by atoms with van der Waals surface area (Å²) in [7, 11) is 3.04. The molecule has 1 amide bonds. The number of halogens is 1. The fourth-order valence-corrected chi connectivity index (χ4v) is 2.37. The highest BCUT2D eigenvalue weighted by Gasteiger charge is 2.18. The molecule has 0 saturated carbocycles. The number of aromatic nitrogens is 2. The summed E-state index contributed by atoms with van der Waals surface area (Å²) in [5.74, 6) is 0.493. The van der Waals surface area contributed by atoms with Crippen LogP contribution in [0.25, 0.3) is 11.5 Å². The number of methoxy groups -OCH3 is 2. The molecule has 7 nitrogen and oxygen atoms in total. The number of carbonyl (C=O) groups is 1. The van der Waals surface area contributed by atoms with E-state index in [4.69, 9.17) is 25.5 Å². The molecule has 0 aliphatic rings. The van der Waals surface area contributed by atoms with E-state index in [0.717, 1.165) is 0 Å². The predicted molar refractivity (Wildman–Crippen MR) is 92.2 cm³/mol. The zero-order valence-electron chi connectivity index (χ0n) is 13.4. The van der Waals surface area contributed by atoms with Crippen molar-refractivity contribution in [3.8, 4) is 23.0 Å². The number of benzene rings is 2. The van der Waals surface area contributed by atoms with Gasteiger partial charge in [-0.05, 0) is 24.3 Å². The van der Waals surface area contributed by atoms with Crippen molar-refractivity contribution < 1.29 is 18.7 Å². The lowest BCUT2D eigenvalue weighted by Gasteiger charge is -2.09. The summed E-state index contributed by atoms with van der Waals surface area (Å²) in [6, 6.07) is 12.0. The molecule has 0 bridgehead atoms. The molecule has 0 fully saturated rings. The molecule has 0 unspecified atom stereocenters. The normalized spacial score (nSPS) is 10.4. The minimum absolute atomic E-state index is 0.170.